The van der Waals surface area contributed by atoms with Gasteiger partial charge in [0.2, 0.25) is 0 Å². The van der Waals surface area contributed by atoms with Gasteiger partial charge in [-0.3, -0.25) is 4.79 Å². The molecule has 0 bridgehead atoms. The van der Waals surface area contributed by atoms with Crippen LogP contribution in [0.5, 0.6) is 0 Å². The number of hydrogen-bond donors (Lipinski definition) is 1. The predicted octanol–water partition coefficient (Wildman–Crippen LogP) is 6.54. The van der Waals surface area contributed by atoms with E-state index >= 15 is 0 Å². The number of ether oxygens (including phenoxy) is 1. The second-order valence-electron chi connectivity index (χ2n) is 5.96. The Morgan fingerprint density at radius 2 is 1.61 bits per heavy atom. The maximum absolute atomic E-state index is 12.7. The van der Waals surface area contributed by atoms with Crippen molar-refractivity contribution in [2.75, 3.05) is 11.9 Å². The Hall–Kier alpha value is -2.34. The zero-order valence-electron chi connectivity index (χ0n) is 15.0. The number of carbonyl (C=O) groups is 2. The summed E-state index contributed by atoms with van der Waals surface area (Å²) in [5, 5.41) is 6.22. The maximum Gasteiger partial charge on any atom is 0.341 e. The van der Waals surface area contributed by atoms with E-state index in [1.807, 2.05) is 24.4 Å². The molecule has 0 fully saturated rings. The van der Waals surface area contributed by atoms with E-state index in [2.05, 4.69) is 5.32 Å². The molecule has 2 aromatic carbocycles. The van der Waals surface area contributed by atoms with Gasteiger partial charge in [0.1, 0.15) is 10.6 Å². The number of nitrogens with one attached hydrogen (secondary N) is 1. The van der Waals surface area contributed by atoms with Crippen molar-refractivity contribution in [1.82, 2.24) is 0 Å². The molecule has 0 saturated carbocycles. The molecule has 0 spiro atoms. The summed E-state index contributed by atoms with van der Waals surface area (Å²) in [6, 6.07) is 13.7. The molecule has 0 aliphatic rings. The lowest BCUT2D eigenvalue weighted by Gasteiger charge is -2.09. The molecule has 0 unspecified atom stereocenters. The van der Waals surface area contributed by atoms with Crippen LogP contribution >= 0.6 is 34.5 Å². The van der Waals surface area contributed by atoms with Crippen LogP contribution in [0.4, 0.5) is 5.00 Å². The van der Waals surface area contributed by atoms with Gasteiger partial charge in [-0.1, -0.05) is 42.3 Å². The van der Waals surface area contributed by atoms with Crippen LogP contribution in [0.2, 0.25) is 10.0 Å². The van der Waals surface area contributed by atoms with E-state index < -0.39 is 5.97 Å². The van der Waals surface area contributed by atoms with Crippen molar-refractivity contribution in [3.8, 4) is 11.1 Å². The number of halogens is 2. The van der Waals surface area contributed by atoms with Gasteiger partial charge in [-0.05, 0) is 48.4 Å². The zero-order valence-corrected chi connectivity index (χ0v) is 17.3. The Morgan fingerprint density at radius 1 is 1.00 bits per heavy atom. The van der Waals surface area contributed by atoms with E-state index in [0.717, 1.165) is 5.56 Å². The van der Waals surface area contributed by atoms with Crippen LogP contribution in [0, 0.1) is 0 Å². The minimum Gasteiger partial charge on any atom is -0.462 e. The summed E-state index contributed by atoms with van der Waals surface area (Å²) in [6.45, 7) is 2.23. The van der Waals surface area contributed by atoms with Crippen LogP contribution < -0.4 is 5.32 Å². The van der Waals surface area contributed by atoms with Crippen LogP contribution in [0.15, 0.2) is 53.9 Å². The lowest BCUT2D eigenvalue weighted by molar-refractivity contribution is 0.0508. The Balaban J connectivity index is 1.95. The van der Waals surface area contributed by atoms with E-state index in [-0.39, 0.29) is 5.91 Å². The van der Waals surface area contributed by atoms with Crippen molar-refractivity contribution in [3.05, 3.63) is 75.1 Å². The van der Waals surface area contributed by atoms with E-state index in [1.165, 1.54) is 11.3 Å². The molecule has 0 radical (unpaired) electrons. The molecule has 1 amide bonds. The predicted molar refractivity (Wildman–Crippen MR) is 115 cm³/mol. The minimum atomic E-state index is -0.473. The Labute approximate surface area is 177 Å². The van der Waals surface area contributed by atoms with Gasteiger partial charge in [-0.2, -0.15) is 0 Å². The smallest absolute Gasteiger partial charge is 0.341 e. The van der Waals surface area contributed by atoms with E-state index in [1.54, 1.807) is 36.4 Å². The standard InChI is InChI=1S/C21H17Cl2NO3S/c1-2-11-27-21(26)18-17(13-3-7-15(22)8-4-13)12-28-20(18)24-19(25)14-5-9-16(23)10-6-14/h3-10,12H,2,11H2,1H3,(H,24,25). The molecule has 0 aliphatic carbocycles. The van der Waals surface area contributed by atoms with Crippen molar-refractivity contribution >= 4 is 51.4 Å². The van der Waals surface area contributed by atoms with Crippen LogP contribution in [-0.2, 0) is 4.74 Å². The molecular formula is C21H17Cl2NO3S. The lowest BCUT2D eigenvalue weighted by Crippen LogP contribution is -2.15. The Morgan fingerprint density at radius 3 is 2.21 bits per heavy atom. The van der Waals surface area contributed by atoms with Crippen molar-refractivity contribution in [3.63, 3.8) is 0 Å². The fraction of sp³-hybridized carbons (Fsp3) is 0.143. The molecule has 1 heterocycles. The summed E-state index contributed by atoms with van der Waals surface area (Å²) in [4.78, 5) is 25.3. The van der Waals surface area contributed by atoms with Gasteiger partial charge >= 0.3 is 5.97 Å². The fourth-order valence-corrected chi connectivity index (χ4v) is 3.74. The third kappa shape index (κ3) is 4.73. The number of benzene rings is 2. The lowest BCUT2D eigenvalue weighted by atomic mass is 10.0. The number of anilines is 1. The van der Waals surface area contributed by atoms with Gasteiger partial charge in [0.25, 0.3) is 5.91 Å². The van der Waals surface area contributed by atoms with Gasteiger partial charge in [0.15, 0.2) is 0 Å². The first kappa shape index (κ1) is 20.4. The highest BCUT2D eigenvalue weighted by atomic mass is 35.5. The third-order valence-corrected chi connectivity index (χ3v) is 5.32. The molecule has 1 N–H and O–H groups in total. The molecular weight excluding hydrogens is 417 g/mol. The monoisotopic (exact) mass is 433 g/mol. The molecule has 0 saturated heterocycles. The second-order valence-corrected chi connectivity index (χ2v) is 7.71. The summed E-state index contributed by atoms with van der Waals surface area (Å²) in [7, 11) is 0. The van der Waals surface area contributed by atoms with E-state index in [0.29, 0.717) is 44.8 Å². The number of esters is 1. The molecule has 144 valence electrons. The van der Waals surface area contributed by atoms with Crippen LogP contribution in [0.25, 0.3) is 11.1 Å². The zero-order chi connectivity index (χ0) is 20.1. The van der Waals surface area contributed by atoms with Gasteiger partial charge in [0, 0.05) is 26.6 Å². The van der Waals surface area contributed by atoms with Gasteiger partial charge in [-0.25, -0.2) is 4.79 Å². The number of amides is 1. The Bertz CT molecular complexity index is 982. The topological polar surface area (TPSA) is 55.4 Å². The van der Waals surface area contributed by atoms with Gasteiger partial charge < -0.3 is 10.1 Å². The number of hydrogen-bond acceptors (Lipinski definition) is 4. The quantitative estimate of drug-likeness (QED) is 0.448. The van der Waals surface area contributed by atoms with Crippen LogP contribution in [0.3, 0.4) is 0 Å². The molecule has 3 aromatic rings. The summed E-state index contributed by atoms with van der Waals surface area (Å²) in [5.74, 6) is -0.801. The number of carbonyl (C=O) groups excluding carboxylic acids is 2. The second kappa shape index (κ2) is 9.24. The van der Waals surface area contributed by atoms with Gasteiger partial charge in [0.05, 0.1) is 6.61 Å². The maximum atomic E-state index is 12.7. The fourth-order valence-electron chi connectivity index (χ4n) is 2.54. The van der Waals surface area contributed by atoms with Crippen LogP contribution in [-0.4, -0.2) is 18.5 Å². The molecule has 1 aromatic heterocycles. The first-order valence-electron chi connectivity index (χ1n) is 8.61. The largest absolute Gasteiger partial charge is 0.462 e. The first-order chi connectivity index (χ1) is 13.5. The van der Waals surface area contributed by atoms with Crippen LogP contribution in [0.1, 0.15) is 34.1 Å². The van der Waals surface area contributed by atoms with Gasteiger partial charge in [-0.15, -0.1) is 11.3 Å². The molecule has 4 nitrogen and oxygen atoms in total. The average Bonchev–Trinajstić information content (AvgIpc) is 3.10. The first-order valence-corrected chi connectivity index (χ1v) is 10.2. The van der Waals surface area contributed by atoms with Crippen molar-refractivity contribution in [1.29, 1.82) is 0 Å². The molecule has 3 rings (SSSR count). The SMILES string of the molecule is CCCOC(=O)c1c(-c2ccc(Cl)cc2)csc1NC(=O)c1ccc(Cl)cc1. The van der Waals surface area contributed by atoms with Crippen molar-refractivity contribution < 1.29 is 14.3 Å². The normalized spacial score (nSPS) is 10.5. The number of thiophene rings is 1. The number of rotatable bonds is 6. The van der Waals surface area contributed by atoms with Crippen molar-refractivity contribution in [2.45, 2.75) is 13.3 Å². The highest BCUT2D eigenvalue weighted by Gasteiger charge is 2.23. The van der Waals surface area contributed by atoms with Crippen molar-refractivity contribution in [2.24, 2.45) is 0 Å². The summed E-state index contributed by atoms with van der Waals surface area (Å²) < 4.78 is 5.34. The third-order valence-electron chi connectivity index (χ3n) is 3.92. The van der Waals surface area contributed by atoms with E-state index in [9.17, 15) is 9.59 Å². The summed E-state index contributed by atoms with van der Waals surface area (Å²) in [6.07, 6.45) is 0.707. The summed E-state index contributed by atoms with van der Waals surface area (Å²) in [5.41, 5.74) is 2.28. The average molecular weight is 434 g/mol. The molecule has 28 heavy (non-hydrogen) atoms. The highest BCUT2D eigenvalue weighted by Crippen LogP contribution is 2.37. The molecule has 7 heteroatoms. The van der Waals surface area contributed by atoms with E-state index in [4.69, 9.17) is 27.9 Å². The highest BCUT2D eigenvalue weighted by molar-refractivity contribution is 7.15. The molecule has 0 aliphatic heterocycles. The summed E-state index contributed by atoms with van der Waals surface area (Å²) >= 11 is 13.1. The molecule has 0 atom stereocenters. The Kier molecular flexibility index (Phi) is 6.73. The minimum absolute atomic E-state index is 0.305.